The van der Waals surface area contributed by atoms with Crippen molar-refractivity contribution in [3.05, 3.63) is 55.9 Å². The van der Waals surface area contributed by atoms with Gasteiger partial charge in [0.2, 0.25) is 5.91 Å². The second-order valence-corrected chi connectivity index (χ2v) is 8.62. The monoisotopic (exact) mass is 396 g/mol. The van der Waals surface area contributed by atoms with E-state index in [0.29, 0.717) is 12.4 Å². The number of likely N-dealkylation sites (N-methyl/N-ethyl adjacent to an activating group) is 1. The number of fused-ring (bicyclic) bond motifs is 3. The molecule has 7 heteroatoms. The van der Waals surface area contributed by atoms with E-state index < -0.39 is 0 Å². The summed E-state index contributed by atoms with van der Waals surface area (Å²) in [5.74, 6) is 0.512. The molecule has 2 aromatic heterocycles. The Morgan fingerprint density at radius 1 is 1.29 bits per heavy atom. The Morgan fingerprint density at radius 2 is 2.04 bits per heavy atom. The molecule has 0 saturated carbocycles. The third kappa shape index (κ3) is 3.59. The van der Waals surface area contributed by atoms with Gasteiger partial charge in [0.25, 0.3) is 5.56 Å². The maximum atomic E-state index is 12.6. The van der Waals surface area contributed by atoms with Crippen LogP contribution in [-0.4, -0.2) is 34.4 Å². The predicted molar refractivity (Wildman–Crippen MR) is 113 cm³/mol. The van der Waals surface area contributed by atoms with E-state index in [0.717, 1.165) is 46.3 Å². The van der Waals surface area contributed by atoms with Crippen molar-refractivity contribution in [3.8, 4) is 0 Å². The molecule has 146 valence electrons. The molecule has 0 radical (unpaired) electrons. The molecule has 0 bridgehead atoms. The molecular weight excluding hydrogens is 372 g/mol. The van der Waals surface area contributed by atoms with Crippen molar-refractivity contribution in [1.29, 1.82) is 0 Å². The molecule has 2 heterocycles. The number of nitrogens with zero attached hydrogens (tertiary/aromatic N) is 2. The third-order valence-electron chi connectivity index (χ3n) is 5.20. The Balaban J connectivity index is 1.46. The lowest BCUT2D eigenvalue weighted by molar-refractivity contribution is -0.117. The highest BCUT2D eigenvalue weighted by molar-refractivity contribution is 7.18. The fraction of sp³-hybridized carbons (Fsp3) is 0.381. The van der Waals surface area contributed by atoms with Crippen LogP contribution in [0.4, 0.5) is 5.69 Å². The third-order valence-corrected chi connectivity index (χ3v) is 6.39. The lowest BCUT2D eigenvalue weighted by Crippen LogP contribution is -2.31. The van der Waals surface area contributed by atoms with Crippen LogP contribution in [0.5, 0.6) is 0 Å². The van der Waals surface area contributed by atoms with Crippen molar-refractivity contribution in [3.63, 3.8) is 0 Å². The molecule has 0 unspecified atom stereocenters. The Kier molecular flexibility index (Phi) is 5.03. The number of anilines is 1. The Labute approximate surface area is 167 Å². The number of amides is 1. The van der Waals surface area contributed by atoms with Crippen LogP contribution in [0.15, 0.2) is 23.0 Å². The average molecular weight is 397 g/mol. The van der Waals surface area contributed by atoms with Gasteiger partial charge < -0.3 is 10.3 Å². The number of aryl methyl sites for hydroxylation is 4. The number of H-pyrrole nitrogens is 1. The maximum Gasteiger partial charge on any atom is 0.259 e. The van der Waals surface area contributed by atoms with Crippen LogP contribution in [0.25, 0.3) is 10.2 Å². The standard InChI is InChI=1S/C21H24N4O2S/c1-12-6-4-7-13(2)19(12)24-17(26)11-25(3)10-16-22-20(27)18-14-8-5-9-15(14)28-21(18)23-16/h4,6-7H,5,8-11H2,1-3H3,(H,24,26)(H,22,23,27). The van der Waals surface area contributed by atoms with E-state index in [1.807, 2.05) is 44.0 Å². The van der Waals surface area contributed by atoms with Crippen LogP contribution in [0.3, 0.4) is 0 Å². The number of nitrogens with one attached hydrogen (secondary N) is 2. The van der Waals surface area contributed by atoms with E-state index in [1.165, 1.54) is 10.4 Å². The topological polar surface area (TPSA) is 78.1 Å². The molecule has 0 atom stereocenters. The van der Waals surface area contributed by atoms with Gasteiger partial charge in [-0.3, -0.25) is 14.5 Å². The minimum atomic E-state index is -0.0848. The fourth-order valence-corrected chi connectivity index (χ4v) is 5.15. The van der Waals surface area contributed by atoms with Gasteiger partial charge in [-0.1, -0.05) is 18.2 Å². The Hall–Kier alpha value is -2.51. The van der Waals surface area contributed by atoms with Gasteiger partial charge >= 0.3 is 0 Å². The molecule has 3 aromatic rings. The average Bonchev–Trinajstić information content (AvgIpc) is 3.18. The van der Waals surface area contributed by atoms with E-state index >= 15 is 0 Å². The zero-order valence-electron chi connectivity index (χ0n) is 16.4. The van der Waals surface area contributed by atoms with Gasteiger partial charge in [0.05, 0.1) is 18.5 Å². The number of benzene rings is 1. The first kappa shape index (κ1) is 18.8. The minimum absolute atomic E-state index is 0.0622. The van der Waals surface area contributed by atoms with Gasteiger partial charge in [0.1, 0.15) is 10.7 Å². The molecule has 2 N–H and O–H groups in total. The second-order valence-electron chi connectivity index (χ2n) is 7.54. The van der Waals surface area contributed by atoms with Crippen LogP contribution < -0.4 is 10.9 Å². The van der Waals surface area contributed by atoms with Crippen LogP contribution in [0.2, 0.25) is 0 Å². The Bertz CT molecular complexity index is 1100. The predicted octanol–water partition coefficient (Wildman–Crippen LogP) is 3.16. The number of aromatic amines is 1. The zero-order valence-corrected chi connectivity index (χ0v) is 17.2. The van der Waals surface area contributed by atoms with Crippen molar-refractivity contribution in [1.82, 2.24) is 14.9 Å². The summed E-state index contributed by atoms with van der Waals surface area (Å²) >= 11 is 1.63. The van der Waals surface area contributed by atoms with Crippen molar-refractivity contribution in [2.24, 2.45) is 0 Å². The summed E-state index contributed by atoms with van der Waals surface area (Å²) in [5, 5.41) is 3.75. The maximum absolute atomic E-state index is 12.6. The van der Waals surface area contributed by atoms with Crippen LogP contribution in [-0.2, 0) is 24.2 Å². The fourth-order valence-electron chi connectivity index (χ4n) is 3.87. The van der Waals surface area contributed by atoms with E-state index in [-0.39, 0.29) is 18.0 Å². The highest BCUT2D eigenvalue weighted by atomic mass is 32.1. The van der Waals surface area contributed by atoms with E-state index in [1.54, 1.807) is 11.3 Å². The van der Waals surface area contributed by atoms with Crippen molar-refractivity contribution >= 4 is 33.1 Å². The largest absolute Gasteiger partial charge is 0.324 e. The van der Waals surface area contributed by atoms with E-state index in [9.17, 15) is 9.59 Å². The molecule has 0 spiro atoms. The number of hydrogen-bond donors (Lipinski definition) is 2. The number of rotatable bonds is 5. The van der Waals surface area contributed by atoms with Crippen LogP contribution in [0, 0.1) is 13.8 Å². The van der Waals surface area contributed by atoms with Gasteiger partial charge in [-0.05, 0) is 56.8 Å². The first-order chi connectivity index (χ1) is 13.4. The van der Waals surface area contributed by atoms with Gasteiger partial charge in [-0.15, -0.1) is 11.3 Å². The minimum Gasteiger partial charge on any atom is -0.324 e. The number of hydrogen-bond acceptors (Lipinski definition) is 5. The first-order valence-corrected chi connectivity index (χ1v) is 10.3. The lowest BCUT2D eigenvalue weighted by Gasteiger charge is -2.17. The molecule has 4 rings (SSSR count). The molecule has 1 amide bonds. The van der Waals surface area contributed by atoms with E-state index in [2.05, 4.69) is 15.3 Å². The first-order valence-electron chi connectivity index (χ1n) is 9.50. The molecule has 1 aliphatic carbocycles. The summed E-state index contributed by atoms with van der Waals surface area (Å²) in [6, 6.07) is 5.94. The summed E-state index contributed by atoms with van der Waals surface area (Å²) in [6.07, 6.45) is 3.14. The highest BCUT2D eigenvalue weighted by Gasteiger charge is 2.21. The SMILES string of the molecule is Cc1cccc(C)c1NC(=O)CN(C)Cc1nc2sc3c(c2c(=O)[nH]1)CCC3. The van der Waals surface area contributed by atoms with Gasteiger partial charge in [-0.2, -0.15) is 0 Å². The van der Waals surface area contributed by atoms with Gasteiger partial charge in [0.15, 0.2) is 0 Å². The lowest BCUT2D eigenvalue weighted by atomic mass is 10.1. The summed E-state index contributed by atoms with van der Waals surface area (Å²) in [7, 11) is 1.85. The second kappa shape index (κ2) is 7.48. The molecule has 1 aliphatic rings. The summed E-state index contributed by atoms with van der Waals surface area (Å²) in [4.78, 5) is 36.5. The molecule has 0 aliphatic heterocycles. The number of para-hydroxylation sites is 1. The van der Waals surface area contributed by atoms with E-state index in [4.69, 9.17) is 0 Å². The highest BCUT2D eigenvalue weighted by Crippen LogP contribution is 2.34. The quantitative estimate of drug-likeness (QED) is 0.694. The van der Waals surface area contributed by atoms with Crippen molar-refractivity contribution < 1.29 is 4.79 Å². The number of carbonyl (C=O) groups excluding carboxylic acids is 1. The number of aromatic nitrogens is 2. The smallest absolute Gasteiger partial charge is 0.259 e. The molecular formula is C21H24N4O2S. The Morgan fingerprint density at radius 3 is 2.79 bits per heavy atom. The summed E-state index contributed by atoms with van der Waals surface area (Å²) < 4.78 is 0. The van der Waals surface area contributed by atoms with Gasteiger partial charge in [0, 0.05) is 10.6 Å². The molecule has 0 fully saturated rings. The number of thiophene rings is 1. The van der Waals surface area contributed by atoms with Crippen LogP contribution >= 0.6 is 11.3 Å². The molecule has 28 heavy (non-hydrogen) atoms. The van der Waals surface area contributed by atoms with Gasteiger partial charge in [-0.25, -0.2) is 4.98 Å². The summed E-state index contributed by atoms with van der Waals surface area (Å²) in [6.45, 7) is 4.59. The normalized spacial score (nSPS) is 13.3. The van der Waals surface area contributed by atoms with Crippen molar-refractivity contribution in [2.75, 3.05) is 18.9 Å². The number of carbonyl (C=O) groups is 1. The molecule has 1 aromatic carbocycles. The zero-order chi connectivity index (χ0) is 19.8. The molecule has 0 saturated heterocycles. The molecule has 6 nitrogen and oxygen atoms in total. The van der Waals surface area contributed by atoms with Crippen LogP contribution in [0.1, 0.15) is 33.8 Å². The summed E-state index contributed by atoms with van der Waals surface area (Å²) in [5.41, 5.74) is 4.06. The van der Waals surface area contributed by atoms with Crippen molar-refractivity contribution in [2.45, 2.75) is 39.7 Å².